The summed E-state index contributed by atoms with van der Waals surface area (Å²) in [4.78, 5) is 4.53. The minimum atomic E-state index is 0.309. The van der Waals surface area contributed by atoms with Crippen molar-refractivity contribution in [2.45, 2.75) is 19.1 Å². The van der Waals surface area contributed by atoms with Gasteiger partial charge in [-0.3, -0.25) is 4.99 Å². The zero-order valence-electron chi connectivity index (χ0n) is 7.25. The molecule has 0 radical (unpaired) electrons. The van der Waals surface area contributed by atoms with Crippen LogP contribution < -0.4 is 5.32 Å². The Hall–Kier alpha value is -0.0600. The third-order valence-corrected chi connectivity index (χ3v) is 3.23. The molecule has 2 heterocycles. The fraction of sp³-hybridized carbons (Fsp3) is 0.875. The zero-order chi connectivity index (χ0) is 8.39. The summed E-state index contributed by atoms with van der Waals surface area (Å²) in [5.41, 5.74) is 0. The second kappa shape index (κ2) is 3.77. The Morgan fingerprint density at radius 1 is 1.67 bits per heavy atom. The first-order valence-electron chi connectivity index (χ1n) is 4.36. The summed E-state index contributed by atoms with van der Waals surface area (Å²) in [5, 5.41) is 4.53. The predicted octanol–water partition coefficient (Wildman–Crippen LogP) is 0.509. The third-order valence-electron chi connectivity index (χ3n) is 2.20. The molecule has 2 aliphatic rings. The molecule has 2 rings (SSSR count). The van der Waals surface area contributed by atoms with Gasteiger partial charge in [0.25, 0.3) is 0 Å². The monoisotopic (exact) mass is 186 g/mol. The molecule has 2 atom stereocenters. The maximum atomic E-state index is 5.63. The van der Waals surface area contributed by atoms with Gasteiger partial charge in [0.15, 0.2) is 0 Å². The van der Waals surface area contributed by atoms with E-state index in [0.29, 0.717) is 12.1 Å². The van der Waals surface area contributed by atoms with E-state index in [1.807, 2.05) is 11.8 Å². The van der Waals surface area contributed by atoms with Gasteiger partial charge in [-0.05, 0) is 6.92 Å². The van der Waals surface area contributed by atoms with E-state index >= 15 is 0 Å². The highest BCUT2D eigenvalue weighted by Crippen LogP contribution is 2.21. The van der Waals surface area contributed by atoms with Gasteiger partial charge in [0.05, 0.1) is 23.8 Å². The summed E-state index contributed by atoms with van der Waals surface area (Å²) in [6.45, 7) is 4.85. The van der Waals surface area contributed by atoms with Crippen molar-refractivity contribution in [3.63, 3.8) is 0 Å². The molecule has 0 aromatic rings. The molecule has 1 fully saturated rings. The van der Waals surface area contributed by atoms with E-state index in [2.05, 4.69) is 17.2 Å². The van der Waals surface area contributed by atoms with Crippen LogP contribution in [0.5, 0.6) is 0 Å². The van der Waals surface area contributed by atoms with Gasteiger partial charge in [-0.25, -0.2) is 0 Å². The van der Waals surface area contributed by atoms with E-state index in [1.165, 1.54) is 5.04 Å². The SMILES string of the molecule is CC1=NC(C2CNCCO2)CS1. The standard InChI is InChI=1S/C8H14N2OS/c1-6-10-7(5-12-6)8-4-9-2-3-11-8/h7-9H,2-5H2,1H3. The van der Waals surface area contributed by atoms with E-state index in [9.17, 15) is 0 Å². The average Bonchev–Trinajstić information content (AvgIpc) is 2.54. The lowest BCUT2D eigenvalue weighted by Crippen LogP contribution is -2.44. The first kappa shape index (κ1) is 8.53. The predicted molar refractivity (Wildman–Crippen MR) is 52.0 cm³/mol. The van der Waals surface area contributed by atoms with Gasteiger partial charge in [0.2, 0.25) is 0 Å². The zero-order valence-corrected chi connectivity index (χ0v) is 8.06. The van der Waals surface area contributed by atoms with Crippen LogP contribution >= 0.6 is 11.8 Å². The summed E-state index contributed by atoms with van der Waals surface area (Å²) in [5.74, 6) is 1.10. The Labute approximate surface area is 77.0 Å². The van der Waals surface area contributed by atoms with Gasteiger partial charge in [-0.2, -0.15) is 0 Å². The van der Waals surface area contributed by atoms with E-state index in [0.717, 1.165) is 25.4 Å². The minimum absolute atomic E-state index is 0.309. The average molecular weight is 186 g/mol. The van der Waals surface area contributed by atoms with Gasteiger partial charge < -0.3 is 10.1 Å². The van der Waals surface area contributed by atoms with Crippen molar-refractivity contribution >= 4 is 16.8 Å². The molecular formula is C8H14N2OS. The van der Waals surface area contributed by atoms with Crippen molar-refractivity contribution in [2.24, 2.45) is 4.99 Å². The maximum absolute atomic E-state index is 5.63. The number of thioether (sulfide) groups is 1. The van der Waals surface area contributed by atoms with Crippen molar-refractivity contribution in [3.05, 3.63) is 0 Å². The van der Waals surface area contributed by atoms with Crippen LogP contribution in [0.4, 0.5) is 0 Å². The quantitative estimate of drug-likeness (QED) is 0.648. The Morgan fingerprint density at radius 2 is 2.58 bits per heavy atom. The summed E-state index contributed by atoms with van der Waals surface area (Å²) in [6, 6.07) is 0.391. The number of nitrogens with one attached hydrogen (secondary N) is 1. The molecule has 12 heavy (non-hydrogen) atoms. The first-order chi connectivity index (χ1) is 5.86. The van der Waals surface area contributed by atoms with Crippen LogP contribution in [0.15, 0.2) is 4.99 Å². The molecule has 0 bridgehead atoms. The van der Waals surface area contributed by atoms with Crippen molar-refractivity contribution in [1.29, 1.82) is 0 Å². The molecule has 0 spiro atoms. The molecule has 0 saturated carbocycles. The van der Waals surface area contributed by atoms with Crippen LogP contribution in [0, 0.1) is 0 Å². The van der Waals surface area contributed by atoms with Gasteiger partial charge in [-0.15, -0.1) is 11.8 Å². The molecule has 0 aliphatic carbocycles. The number of ether oxygens (including phenoxy) is 1. The Bertz CT molecular complexity index is 189. The van der Waals surface area contributed by atoms with Crippen molar-refractivity contribution in [2.75, 3.05) is 25.4 Å². The lowest BCUT2D eigenvalue weighted by molar-refractivity contribution is 0.0181. The summed E-state index contributed by atoms with van der Waals surface area (Å²) in [6.07, 6.45) is 0.309. The number of hydrogen-bond acceptors (Lipinski definition) is 4. The van der Waals surface area contributed by atoms with Crippen LogP contribution in [-0.2, 0) is 4.74 Å². The number of hydrogen-bond donors (Lipinski definition) is 1. The highest BCUT2D eigenvalue weighted by molar-refractivity contribution is 8.14. The van der Waals surface area contributed by atoms with Crippen LogP contribution in [-0.4, -0.2) is 42.6 Å². The largest absolute Gasteiger partial charge is 0.373 e. The fourth-order valence-electron chi connectivity index (χ4n) is 1.54. The molecule has 1 saturated heterocycles. The summed E-state index contributed by atoms with van der Waals surface area (Å²) < 4.78 is 5.63. The van der Waals surface area contributed by atoms with E-state index in [1.54, 1.807) is 0 Å². The number of morpholine rings is 1. The highest BCUT2D eigenvalue weighted by atomic mass is 32.2. The van der Waals surface area contributed by atoms with Gasteiger partial charge in [-0.1, -0.05) is 0 Å². The molecule has 3 nitrogen and oxygen atoms in total. The van der Waals surface area contributed by atoms with Crippen molar-refractivity contribution in [1.82, 2.24) is 5.32 Å². The molecule has 0 aromatic carbocycles. The number of rotatable bonds is 1. The van der Waals surface area contributed by atoms with E-state index < -0.39 is 0 Å². The maximum Gasteiger partial charge on any atom is 0.0931 e. The van der Waals surface area contributed by atoms with Crippen LogP contribution in [0.2, 0.25) is 0 Å². The molecule has 2 aliphatic heterocycles. The Balaban J connectivity index is 1.91. The lowest BCUT2D eigenvalue weighted by Gasteiger charge is -2.26. The summed E-state index contributed by atoms with van der Waals surface area (Å²) >= 11 is 1.84. The topological polar surface area (TPSA) is 33.6 Å². The van der Waals surface area contributed by atoms with E-state index in [-0.39, 0.29) is 0 Å². The smallest absolute Gasteiger partial charge is 0.0931 e. The molecule has 2 unspecified atom stereocenters. The van der Waals surface area contributed by atoms with Crippen molar-refractivity contribution < 1.29 is 4.74 Å². The van der Waals surface area contributed by atoms with Gasteiger partial charge >= 0.3 is 0 Å². The van der Waals surface area contributed by atoms with Crippen LogP contribution in [0.25, 0.3) is 0 Å². The Kier molecular flexibility index (Phi) is 2.68. The van der Waals surface area contributed by atoms with Crippen LogP contribution in [0.1, 0.15) is 6.92 Å². The highest BCUT2D eigenvalue weighted by Gasteiger charge is 2.27. The second-order valence-corrected chi connectivity index (χ2v) is 4.35. The van der Waals surface area contributed by atoms with Crippen molar-refractivity contribution in [3.8, 4) is 0 Å². The molecule has 4 heteroatoms. The fourth-order valence-corrected chi connectivity index (χ4v) is 2.45. The van der Waals surface area contributed by atoms with Gasteiger partial charge in [0, 0.05) is 18.8 Å². The second-order valence-electron chi connectivity index (χ2n) is 3.14. The number of aliphatic imine (C=N–C) groups is 1. The minimum Gasteiger partial charge on any atom is -0.373 e. The number of nitrogens with zero attached hydrogens (tertiary/aromatic N) is 1. The van der Waals surface area contributed by atoms with Crippen LogP contribution in [0.3, 0.4) is 0 Å². The molecular weight excluding hydrogens is 172 g/mol. The molecule has 68 valence electrons. The normalized spacial score (nSPS) is 36.6. The first-order valence-corrected chi connectivity index (χ1v) is 5.34. The summed E-state index contributed by atoms with van der Waals surface area (Å²) in [7, 11) is 0. The lowest BCUT2D eigenvalue weighted by atomic mass is 10.2. The van der Waals surface area contributed by atoms with E-state index in [4.69, 9.17) is 4.74 Å². The third kappa shape index (κ3) is 1.81. The van der Waals surface area contributed by atoms with Gasteiger partial charge in [0.1, 0.15) is 0 Å². The molecule has 1 N–H and O–H groups in total. The Morgan fingerprint density at radius 3 is 3.17 bits per heavy atom. The molecule has 0 amide bonds. The molecule has 0 aromatic heterocycles.